The zero-order valence-electron chi connectivity index (χ0n) is 15.6. The number of benzene rings is 1. The second-order valence-corrected chi connectivity index (χ2v) is 7.18. The number of halogens is 1. The summed E-state index contributed by atoms with van der Waals surface area (Å²) >= 11 is 6.31. The molecule has 6 heteroatoms. The first-order chi connectivity index (χ1) is 13.0. The molecule has 27 heavy (non-hydrogen) atoms. The Morgan fingerprint density at radius 3 is 2.74 bits per heavy atom. The van der Waals surface area contributed by atoms with E-state index in [2.05, 4.69) is 4.98 Å². The van der Waals surface area contributed by atoms with Crippen molar-refractivity contribution in [1.29, 1.82) is 0 Å². The number of ketones is 1. The Kier molecular flexibility index (Phi) is 6.34. The van der Waals surface area contributed by atoms with Crippen LogP contribution < -0.4 is 0 Å². The smallest absolute Gasteiger partial charge is 0.355 e. The Bertz CT molecular complexity index is 843. The molecule has 1 aliphatic rings. The number of Topliss-reactive ketones (excluding diaryl/α,β-unsaturated/α-hetero) is 1. The number of hydrogen-bond acceptors (Lipinski definition) is 4. The minimum absolute atomic E-state index is 0.00284. The van der Waals surface area contributed by atoms with Crippen LogP contribution >= 0.6 is 11.6 Å². The number of fused-ring (bicyclic) bond motifs is 1. The topological polar surface area (TPSA) is 68.4 Å². The van der Waals surface area contributed by atoms with Crippen molar-refractivity contribution in [3.63, 3.8) is 0 Å². The molecule has 2 aromatic rings. The van der Waals surface area contributed by atoms with Gasteiger partial charge in [0.1, 0.15) is 12.3 Å². The van der Waals surface area contributed by atoms with E-state index in [1.54, 1.807) is 6.92 Å². The molecular weight excluding hydrogens is 366 g/mol. The van der Waals surface area contributed by atoms with E-state index in [0.29, 0.717) is 47.9 Å². The fourth-order valence-corrected chi connectivity index (χ4v) is 3.87. The Morgan fingerprint density at radius 2 is 2.00 bits per heavy atom. The zero-order chi connectivity index (χ0) is 19.4. The van der Waals surface area contributed by atoms with Crippen LogP contribution in [0.25, 0.3) is 0 Å². The lowest BCUT2D eigenvalue weighted by Crippen LogP contribution is -2.18. The summed E-state index contributed by atoms with van der Waals surface area (Å²) in [5.74, 6) is -0.424. The first kappa shape index (κ1) is 19.6. The third-order valence-electron chi connectivity index (χ3n) is 4.85. The molecule has 0 radical (unpaired) electrons. The highest BCUT2D eigenvalue weighted by molar-refractivity contribution is 6.31. The van der Waals surface area contributed by atoms with E-state index in [1.165, 1.54) is 0 Å². The van der Waals surface area contributed by atoms with Gasteiger partial charge in [0.25, 0.3) is 0 Å². The van der Waals surface area contributed by atoms with Gasteiger partial charge in [-0.05, 0) is 42.9 Å². The van der Waals surface area contributed by atoms with Crippen molar-refractivity contribution in [1.82, 2.24) is 4.98 Å². The Morgan fingerprint density at radius 1 is 1.22 bits per heavy atom. The second-order valence-electron chi connectivity index (χ2n) is 6.78. The first-order valence-electron chi connectivity index (χ1n) is 9.26. The average molecular weight is 390 g/mol. The van der Waals surface area contributed by atoms with Crippen molar-refractivity contribution >= 4 is 23.4 Å². The normalized spacial score (nSPS) is 16.3. The van der Waals surface area contributed by atoms with Crippen molar-refractivity contribution < 1.29 is 19.1 Å². The molecule has 0 saturated heterocycles. The molecule has 3 rings (SSSR count). The maximum absolute atomic E-state index is 12.7. The van der Waals surface area contributed by atoms with Crippen molar-refractivity contribution in [2.24, 2.45) is 0 Å². The minimum Gasteiger partial charge on any atom is -0.459 e. The van der Waals surface area contributed by atoms with Gasteiger partial charge in [0.05, 0.1) is 6.61 Å². The van der Waals surface area contributed by atoms with Crippen LogP contribution in [0.5, 0.6) is 0 Å². The van der Waals surface area contributed by atoms with Crippen molar-refractivity contribution in [3.8, 4) is 0 Å². The van der Waals surface area contributed by atoms with Crippen molar-refractivity contribution in [2.75, 3.05) is 19.8 Å². The summed E-state index contributed by atoms with van der Waals surface area (Å²) in [6.45, 7) is 5.01. The van der Waals surface area contributed by atoms with Crippen molar-refractivity contribution in [2.45, 2.75) is 39.0 Å². The molecule has 0 bridgehead atoms. The molecule has 0 unspecified atom stereocenters. The fourth-order valence-electron chi connectivity index (χ4n) is 3.58. The number of nitrogens with one attached hydrogen (secondary N) is 1. The lowest BCUT2D eigenvalue weighted by molar-refractivity contribution is 0.0312. The van der Waals surface area contributed by atoms with Gasteiger partial charge in [0.15, 0.2) is 5.78 Å². The molecule has 144 valence electrons. The standard InChI is InChI=1S/C21H24ClNO4/c1-3-8-26-9-10-27-21(25)20-13(2)19-17(23-20)11-14(12-18(19)24)15-6-4-5-7-16(15)22/h4-7,14,23H,3,8-12H2,1-2H3/t14-/m0/s1. The molecule has 1 aromatic heterocycles. The maximum Gasteiger partial charge on any atom is 0.355 e. The van der Waals surface area contributed by atoms with Crippen LogP contribution in [0.2, 0.25) is 5.02 Å². The van der Waals surface area contributed by atoms with Crippen LogP contribution in [0.4, 0.5) is 0 Å². The summed E-state index contributed by atoms with van der Waals surface area (Å²) in [5, 5.41) is 0.661. The SMILES string of the molecule is CCCOCCOC(=O)c1[nH]c2c(c1C)C(=O)C[C@@H](c1ccccc1Cl)C2. The molecule has 0 aliphatic heterocycles. The van der Waals surface area contributed by atoms with Gasteiger partial charge < -0.3 is 14.5 Å². The highest BCUT2D eigenvalue weighted by Crippen LogP contribution is 2.37. The van der Waals surface area contributed by atoms with Crippen LogP contribution in [-0.4, -0.2) is 36.6 Å². The molecule has 1 heterocycles. The summed E-state index contributed by atoms with van der Waals surface area (Å²) < 4.78 is 10.6. The van der Waals surface area contributed by atoms with Gasteiger partial charge in [-0.3, -0.25) is 4.79 Å². The number of aromatic nitrogens is 1. The number of rotatable bonds is 7. The molecule has 1 aliphatic carbocycles. The minimum atomic E-state index is -0.455. The Labute approximate surface area is 164 Å². The van der Waals surface area contributed by atoms with Gasteiger partial charge in [-0.2, -0.15) is 0 Å². The molecule has 0 fully saturated rings. The van der Waals surface area contributed by atoms with Crippen LogP contribution in [0.15, 0.2) is 24.3 Å². The van der Waals surface area contributed by atoms with Gasteiger partial charge in [0, 0.05) is 29.3 Å². The lowest BCUT2D eigenvalue weighted by atomic mass is 9.81. The third kappa shape index (κ3) is 4.25. The molecule has 1 N–H and O–H groups in total. The summed E-state index contributed by atoms with van der Waals surface area (Å²) in [7, 11) is 0. The average Bonchev–Trinajstić information content (AvgIpc) is 2.99. The summed E-state index contributed by atoms with van der Waals surface area (Å²) in [6.07, 6.45) is 1.94. The highest BCUT2D eigenvalue weighted by Gasteiger charge is 2.32. The van der Waals surface area contributed by atoms with E-state index in [9.17, 15) is 9.59 Å². The first-order valence-corrected chi connectivity index (χ1v) is 9.64. The molecule has 5 nitrogen and oxygen atoms in total. The van der Waals surface area contributed by atoms with Gasteiger partial charge in [-0.25, -0.2) is 4.79 Å². The van der Waals surface area contributed by atoms with E-state index in [-0.39, 0.29) is 18.3 Å². The number of aromatic amines is 1. The Hall–Kier alpha value is -2.11. The fraction of sp³-hybridized carbons (Fsp3) is 0.429. The van der Waals surface area contributed by atoms with Crippen LogP contribution in [0, 0.1) is 6.92 Å². The number of ether oxygens (including phenoxy) is 2. The molecule has 0 amide bonds. The number of carbonyl (C=O) groups excluding carboxylic acids is 2. The van der Waals surface area contributed by atoms with E-state index in [0.717, 1.165) is 17.7 Å². The van der Waals surface area contributed by atoms with Crippen LogP contribution in [-0.2, 0) is 15.9 Å². The highest BCUT2D eigenvalue weighted by atomic mass is 35.5. The third-order valence-corrected chi connectivity index (χ3v) is 5.19. The van der Waals surface area contributed by atoms with Crippen LogP contribution in [0.3, 0.4) is 0 Å². The Balaban J connectivity index is 1.75. The predicted molar refractivity (Wildman–Crippen MR) is 104 cm³/mol. The number of H-pyrrole nitrogens is 1. The summed E-state index contributed by atoms with van der Waals surface area (Å²) in [5.41, 5.74) is 3.37. The monoisotopic (exact) mass is 389 g/mol. The molecule has 0 saturated carbocycles. The summed E-state index contributed by atoms with van der Waals surface area (Å²) in [6, 6.07) is 7.58. The molecule has 0 spiro atoms. The van der Waals surface area contributed by atoms with Crippen LogP contribution in [0.1, 0.15) is 63.4 Å². The zero-order valence-corrected chi connectivity index (χ0v) is 16.4. The van der Waals surface area contributed by atoms with Gasteiger partial charge in [-0.15, -0.1) is 0 Å². The number of hydrogen-bond donors (Lipinski definition) is 1. The largest absolute Gasteiger partial charge is 0.459 e. The van der Waals surface area contributed by atoms with E-state index >= 15 is 0 Å². The van der Waals surface area contributed by atoms with Gasteiger partial charge in [-0.1, -0.05) is 36.7 Å². The predicted octanol–water partition coefficient (Wildman–Crippen LogP) is 4.47. The lowest BCUT2D eigenvalue weighted by Gasteiger charge is -2.22. The van der Waals surface area contributed by atoms with Crippen molar-refractivity contribution in [3.05, 3.63) is 57.4 Å². The van der Waals surface area contributed by atoms with E-state index < -0.39 is 5.97 Å². The molecule has 1 atom stereocenters. The van der Waals surface area contributed by atoms with Gasteiger partial charge >= 0.3 is 5.97 Å². The summed E-state index contributed by atoms with van der Waals surface area (Å²) in [4.78, 5) is 28.2. The van der Waals surface area contributed by atoms with E-state index in [4.69, 9.17) is 21.1 Å². The number of esters is 1. The molecular formula is C21H24ClNO4. The van der Waals surface area contributed by atoms with E-state index in [1.807, 2.05) is 31.2 Å². The molecule has 1 aromatic carbocycles. The number of carbonyl (C=O) groups is 2. The quantitative estimate of drug-likeness (QED) is 0.560. The maximum atomic E-state index is 12.7. The van der Waals surface area contributed by atoms with Gasteiger partial charge in [0.2, 0.25) is 0 Å². The second kappa shape index (κ2) is 8.72.